The quantitative estimate of drug-likeness (QED) is 0.283. The maximum Gasteiger partial charge on any atom is 0.225 e. The van der Waals surface area contributed by atoms with Gasteiger partial charge in [0.25, 0.3) is 0 Å². The highest BCUT2D eigenvalue weighted by Gasteiger charge is 2.30. The molecule has 0 spiro atoms. The number of rotatable bonds is 7. The number of hydrogen-bond donors (Lipinski definition) is 1. The summed E-state index contributed by atoms with van der Waals surface area (Å²) in [5.74, 6) is 8.00. The van der Waals surface area contributed by atoms with Gasteiger partial charge in [-0.05, 0) is 6.07 Å². The van der Waals surface area contributed by atoms with E-state index < -0.39 is 0 Å². The molecule has 1 aliphatic rings. The fourth-order valence-electron chi connectivity index (χ4n) is 3.94. The van der Waals surface area contributed by atoms with Crippen LogP contribution in [0.1, 0.15) is 11.1 Å². The molecule has 0 aromatic carbocycles. The summed E-state index contributed by atoms with van der Waals surface area (Å²) in [6, 6.07) is 1.78. The summed E-state index contributed by atoms with van der Waals surface area (Å²) in [6.07, 6.45) is 13.8. The minimum atomic E-state index is -0.0232. The van der Waals surface area contributed by atoms with Crippen LogP contribution in [0.25, 0.3) is 11.4 Å². The van der Waals surface area contributed by atoms with Gasteiger partial charge in [-0.3, -0.25) is 4.68 Å². The van der Waals surface area contributed by atoms with Gasteiger partial charge in [-0.2, -0.15) is 5.10 Å². The van der Waals surface area contributed by atoms with Crippen LogP contribution in [0.4, 0.5) is 11.9 Å². The van der Waals surface area contributed by atoms with Crippen molar-refractivity contribution < 1.29 is 9.84 Å². The Kier molecular flexibility index (Phi) is 7.54. The van der Waals surface area contributed by atoms with Crippen molar-refractivity contribution in [3.05, 3.63) is 66.8 Å². The fraction of sp³-hybridized carbons (Fsp3) is 0.320. The lowest BCUT2D eigenvalue weighted by Crippen LogP contribution is -2.56. The van der Waals surface area contributed by atoms with E-state index in [0.717, 1.165) is 5.56 Å². The molecule has 4 aromatic rings. The fourth-order valence-corrected chi connectivity index (χ4v) is 3.94. The van der Waals surface area contributed by atoms with Crippen molar-refractivity contribution in [1.29, 1.82) is 0 Å². The molecule has 0 aliphatic carbocycles. The van der Waals surface area contributed by atoms with Crippen molar-refractivity contribution >= 4 is 11.9 Å². The molecule has 4 aromatic heterocycles. The minimum Gasteiger partial charge on any atom is -0.394 e. The standard InChI is InChI=1S/C25H26N10O2/c1-33-16-21(15-32-33)23-28-11-19(12-29-23)3-4-20-13-30-24(31-14-20)34-7-8-35(25-26-5-2-6-27-25)22(17-34)18-37-10-9-36/h2,5-6,11-16,22,36H,7-10,17-18H2,1H3/t22-/m1/s1. The number of aromatic nitrogens is 8. The maximum atomic E-state index is 9.10. The Morgan fingerprint density at radius 3 is 2.27 bits per heavy atom. The molecule has 188 valence electrons. The van der Waals surface area contributed by atoms with Gasteiger partial charge in [-0.25, -0.2) is 29.9 Å². The lowest BCUT2D eigenvalue weighted by molar-refractivity contribution is 0.0807. The van der Waals surface area contributed by atoms with Crippen LogP contribution < -0.4 is 9.80 Å². The predicted octanol–water partition coefficient (Wildman–Crippen LogP) is 0.561. The predicted molar refractivity (Wildman–Crippen MR) is 136 cm³/mol. The van der Waals surface area contributed by atoms with E-state index >= 15 is 0 Å². The zero-order valence-corrected chi connectivity index (χ0v) is 20.3. The summed E-state index contributed by atoms with van der Waals surface area (Å²) in [7, 11) is 1.85. The summed E-state index contributed by atoms with van der Waals surface area (Å²) in [5.41, 5.74) is 2.24. The van der Waals surface area contributed by atoms with E-state index in [2.05, 4.69) is 56.6 Å². The Hall–Kier alpha value is -4.47. The van der Waals surface area contributed by atoms with Crippen LogP contribution in [0.3, 0.4) is 0 Å². The van der Waals surface area contributed by atoms with Gasteiger partial charge in [-0.15, -0.1) is 0 Å². The van der Waals surface area contributed by atoms with Crippen LogP contribution in [-0.4, -0.2) is 90.3 Å². The third-order valence-corrected chi connectivity index (χ3v) is 5.72. The molecule has 1 fully saturated rings. The van der Waals surface area contributed by atoms with Gasteiger partial charge in [0.1, 0.15) is 0 Å². The Balaban J connectivity index is 1.24. The average molecular weight is 499 g/mol. The highest BCUT2D eigenvalue weighted by atomic mass is 16.5. The molecule has 37 heavy (non-hydrogen) atoms. The molecule has 12 nitrogen and oxygen atoms in total. The van der Waals surface area contributed by atoms with Crippen molar-refractivity contribution in [2.45, 2.75) is 6.04 Å². The van der Waals surface area contributed by atoms with Gasteiger partial charge in [-0.1, -0.05) is 11.8 Å². The third kappa shape index (κ3) is 6.03. The zero-order chi connectivity index (χ0) is 25.5. The summed E-state index contributed by atoms with van der Waals surface area (Å²) in [4.78, 5) is 30.8. The van der Waals surface area contributed by atoms with E-state index in [0.29, 0.717) is 55.1 Å². The Morgan fingerprint density at radius 2 is 1.62 bits per heavy atom. The van der Waals surface area contributed by atoms with E-state index in [1.165, 1.54) is 0 Å². The molecule has 12 heteroatoms. The first-order valence-electron chi connectivity index (χ1n) is 11.8. The number of piperazine rings is 1. The Bertz CT molecular complexity index is 1350. The molecular formula is C25H26N10O2. The van der Waals surface area contributed by atoms with Crippen LogP contribution in [0.15, 0.2) is 55.6 Å². The first-order valence-corrected chi connectivity index (χ1v) is 11.8. The van der Waals surface area contributed by atoms with Gasteiger partial charge in [0.05, 0.1) is 48.7 Å². The molecule has 0 bridgehead atoms. The van der Waals surface area contributed by atoms with Crippen LogP contribution in [0.5, 0.6) is 0 Å². The number of anilines is 2. The second kappa shape index (κ2) is 11.5. The van der Waals surface area contributed by atoms with Crippen LogP contribution in [0.2, 0.25) is 0 Å². The monoisotopic (exact) mass is 498 g/mol. The number of aliphatic hydroxyl groups is 1. The van der Waals surface area contributed by atoms with E-state index in [9.17, 15) is 0 Å². The molecular weight excluding hydrogens is 472 g/mol. The maximum absolute atomic E-state index is 9.10. The Labute approximate surface area is 214 Å². The van der Waals surface area contributed by atoms with E-state index in [1.807, 2.05) is 13.2 Å². The number of nitrogens with zero attached hydrogens (tertiary/aromatic N) is 10. The molecule has 0 unspecified atom stereocenters. The van der Waals surface area contributed by atoms with Crippen LogP contribution in [0, 0.1) is 11.8 Å². The summed E-state index contributed by atoms with van der Waals surface area (Å²) >= 11 is 0. The van der Waals surface area contributed by atoms with E-state index in [4.69, 9.17) is 9.84 Å². The van der Waals surface area contributed by atoms with Crippen LogP contribution in [-0.2, 0) is 11.8 Å². The summed E-state index contributed by atoms with van der Waals surface area (Å²) < 4.78 is 7.34. The second-order valence-corrected chi connectivity index (χ2v) is 8.36. The third-order valence-electron chi connectivity index (χ3n) is 5.72. The van der Waals surface area contributed by atoms with Crippen molar-refractivity contribution in [2.24, 2.45) is 7.05 Å². The molecule has 5 heterocycles. The number of aryl methyl sites for hydroxylation is 1. The number of hydrogen-bond acceptors (Lipinski definition) is 11. The Morgan fingerprint density at radius 1 is 0.919 bits per heavy atom. The molecule has 1 N–H and O–H groups in total. The first kappa shape index (κ1) is 24.2. The topological polar surface area (TPSA) is 131 Å². The van der Waals surface area contributed by atoms with Gasteiger partial charge < -0.3 is 19.6 Å². The van der Waals surface area contributed by atoms with E-state index in [1.54, 1.807) is 54.1 Å². The van der Waals surface area contributed by atoms with Crippen LogP contribution >= 0.6 is 0 Å². The van der Waals surface area contributed by atoms with E-state index in [-0.39, 0.29) is 19.3 Å². The smallest absolute Gasteiger partial charge is 0.225 e. The average Bonchev–Trinajstić information content (AvgIpc) is 3.39. The lowest BCUT2D eigenvalue weighted by Gasteiger charge is -2.41. The SMILES string of the molecule is Cn1cc(-c2ncc(C#Cc3cnc(N4CCN(c5ncccn5)[C@@H](COCCO)C4)nc3)cn2)cn1. The summed E-state index contributed by atoms with van der Waals surface area (Å²) in [6.45, 7) is 2.72. The molecule has 1 atom stereocenters. The van der Waals surface area contributed by atoms with Gasteiger partial charge >= 0.3 is 0 Å². The highest BCUT2D eigenvalue weighted by molar-refractivity contribution is 5.52. The van der Waals surface area contributed by atoms with Crippen molar-refractivity contribution in [3.8, 4) is 23.2 Å². The molecule has 5 rings (SSSR count). The second-order valence-electron chi connectivity index (χ2n) is 8.36. The lowest BCUT2D eigenvalue weighted by atomic mass is 10.2. The van der Waals surface area contributed by atoms with Crippen molar-refractivity contribution in [2.75, 3.05) is 49.3 Å². The minimum absolute atomic E-state index is 0.0135. The van der Waals surface area contributed by atoms with Gasteiger partial charge in [0, 0.05) is 70.1 Å². The highest BCUT2D eigenvalue weighted by Crippen LogP contribution is 2.19. The first-order chi connectivity index (χ1) is 18.2. The molecule has 0 radical (unpaired) electrons. The largest absolute Gasteiger partial charge is 0.394 e. The van der Waals surface area contributed by atoms with Crippen molar-refractivity contribution in [1.82, 2.24) is 39.7 Å². The van der Waals surface area contributed by atoms with Gasteiger partial charge in [0.15, 0.2) is 5.82 Å². The zero-order valence-electron chi connectivity index (χ0n) is 20.3. The van der Waals surface area contributed by atoms with Crippen molar-refractivity contribution in [3.63, 3.8) is 0 Å². The molecule has 0 saturated carbocycles. The molecule has 1 aliphatic heterocycles. The summed E-state index contributed by atoms with van der Waals surface area (Å²) in [5, 5.41) is 13.2. The normalized spacial score (nSPS) is 15.4. The number of ether oxygens (including phenoxy) is 1. The number of aliphatic hydroxyl groups excluding tert-OH is 1. The molecule has 1 saturated heterocycles. The van der Waals surface area contributed by atoms with Gasteiger partial charge in [0.2, 0.25) is 11.9 Å². The molecule has 0 amide bonds.